The maximum Gasteiger partial charge on any atom is 0.238 e. The highest BCUT2D eigenvalue weighted by atomic mass is 16.3. The smallest absolute Gasteiger partial charge is 0.238 e. The first-order valence-corrected chi connectivity index (χ1v) is 6.83. The van der Waals surface area contributed by atoms with Crippen molar-refractivity contribution in [2.75, 3.05) is 31.6 Å². The second-order valence-electron chi connectivity index (χ2n) is 5.22. The molecule has 1 aromatic rings. The van der Waals surface area contributed by atoms with Gasteiger partial charge in [0.2, 0.25) is 5.91 Å². The molecule has 0 aromatic heterocycles. The summed E-state index contributed by atoms with van der Waals surface area (Å²) in [6.07, 6.45) is 0.924. The Morgan fingerprint density at radius 2 is 2.15 bits per heavy atom. The Morgan fingerprint density at radius 3 is 2.80 bits per heavy atom. The summed E-state index contributed by atoms with van der Waals surface area (Å²) in [7, 11) is 0. The van der Waals surface area contributed by atoms with Crippen LogP contribution in [0.3, 0.4) is 0 Å². The van der Waals surface area contributed by atoms with Gasteiger partial charge >= 0.3 is 0 Å². The lowest BCUT2D eigenvalue weighted by Gasteiger charge is -2.16. The molecular formula is C15H20N2O3. The second kappa shape index (κ2) is 6.63. The van der Waals surface area contributed by atoms with Crippen LogP contribution in [-0.2, 0) is 4.79 Å². The summed E-state index contributed by atoms with van der Waals surface area (Å²) in [4.78, 5) is 25.5. The molecule has 0 radical (unpaired) electrons. The van der Waals surface area contributed by atoms with Crippen LogP contribution in [-0.4, -0.2) is 47.9 Å². The third-order valence-corrected chi connectivity index (χ3v) is 3.58. The van der Waals surface area contributed by atoms with Crippen molar-refractivity contribution in [1.29, 1.82) is 0 Å². The number of para-hydroxylation sites is 1. The number of benzene rings is 1. The zero-order valence-corrected chi connectivity index (χ0v) is 11.6. The van der Waals surface area contributed by atoms with Crippen LogP contribution in [0.15, 0.2) is 24.3 Å². The molecule has 0 aliphatic carbocycles. The van der Waals surface area contributed by atoms with E-state index < -0.39 is 0 Å². The molecule has 1 amide bonds. The monoisotopic (exact) mass is 276 g/mol. The summed E-state index contributed by atoms with van der Waals surface area (Å²) < 4.78 is 0. The Labute approximate surface area is 118 Å². The molecule has 1 unspecified atom stereocenters. The van der Waals surface area contributed by atoms with E-state index in [2.05, 4.69) is 5.32 Å². The van der Waals surface area contributed by atoms with Gasteiger partial charge in [0.15, 0.2) is 5.78 Å². The highest BCUT2D eigenvalue weighted by Crippen LogP contribution is 2.17. The number of ketones is 1. The number of amides is 1. The lowest BCUT2D eigenvalue weighted by atomic mass is 10.1. The van der Waals surface area contributed by atoms with Gasteiger partial charge in [-0.05, 0) is 37.9 Å². The largest absolute Gasteiger partial charge is 0.396 e. The SMILES string of the molecule is CC(=O)c1ccccc1NC(=O)CN1CCC(CO)C1. The molecule has 0 spiro atoms. The molecule has 0 saturated carbocycles. The Bertz CT molecular complexity index is 502. The third-order valence-electron chi connectivity index (χ3n) is 3.58. The molecule has 1 atom stereocenters. The molecular weight excluding hydrogens is 256 g/mol. The Hall–Kier alpha value is -1.72. The fraction of sp³-hybridized carbons (Fsp3) is 0.467. The number of carbonyl (C=O) groups is 2. The van der Waals surface area contributed by atoms with E-state index in [9.17, 15) is 9.59 Å². The van der Waals surface area contributed by atoms with E-state index in [4.69, 9.17) is 5.11 Å². The predicted octanol–water partition coefficient (Wildman–Crippen LogP) is 1.14. The molecule has 1 aliphatic heterocycles. The second-order valence-corrected chi connectivity index (χ2v) is 5.22. The van der Waals surface area contributed by atoms with E-state index in [0.29, 0.717) is 17.8 Å². The molecule has 108 valence electrons. The number of hydrogen-bond acceptors (Lipinski definition) is 4. The number of anilines is 1. The molecule has 0 bridgehead atoms. The molecule has 20 heavy (non-hydrogen) atoms. The van der Waals surface area contributed by atoms with Crippen molar-refractivity contribution in [3.8, 4) is 0 Å². The fourth-order valence-corrected chi connectivity index (χ4v) is 2.50. The summed E-state index contributed by atoms with van der Waals surface area (Å²) in [5, 5.41) is 11.9. The quantitative estimate of drug-likeness (QED) is 0.791. The average molecular weight is 276 g/mol. The summed E-state index contributed by atoms with van der Waals surface area (Å²) >= 11 is 0. The van der Waals surface area contributed by atoms with Crippen molar-refractivity contribution in [3.63, 3.8) is 0 Å². The van der Waals surface area contributed by atoms with E-state index in [1.54, 1.807) is 24.3 Å². The number of carbonyl (C=O) groups excluding carboxylic acids is 2. The van der Waals surface area contributed by atoms with E-state index in [1.165, 1.54) is 6.92 Å². The van der Waals surface area contributed by atoms with Crippen LogP contribution in [0.2, 0.25) is 0 Å². The van der Waals surface area contributed by atoms with Crippen molar-refractivity contribution in [2.45, 2.75) is 13.3 Å². The minimum absolute atomic E-state index is 0.0672. The zero-order valence-electron chi connectivity index (χ0n) is 11.6. The number of hydrogen-bond donors (Lipinski definition) is 2. The molecule has 1 saturated heterocycles. The van der Waals surface area contributed by atoms with Gasteiger partial charge in [-0.1, -0.05) is 12.1 Å². The Kier molecular flexibility index (Phi) is 4.87. The fourth-order valence-electron chi connectivity index (χ4n) is 2.50. The minimum atomic E-state index is -0.128. The third kappa shape index (κ3) is 3.65. The normalized spacial score (nSPS) is 19.0. The van der Waals surface area contributed by atoms with Gasteiger partial charge in [-0.15, -0.1) is 0 Å². The number of nitrogens with one attached hydrogen (secondary N) is 1. The van der Waals surface area contributed by atoms with Crippen LogP contribution in [0, 0.1) is 5.92 Å². The lowest BCUT2D eigenvalue weighted by molar-refractivity contribution is -0.117. The maximum atomic E-state index is 12.0. The number of aliphatic hydroxyl groups is 1. The van der Waals surface area contributed by atoms with Gasteiger partial charge in [-0.3, -0.25) is 14.5 Å². The van der Waals surface area contributed by atoms with Crippen molar-refractivity contribution < 1.29 is 14.7 Å². The van der Waals surface area contributed by atoms with Gasteiger partial charge in [0, 0.05) is 18.7 Å². The summed E-state index contributed by atoms with van der Waals surface area (Å²) in [5.74, 6) is 0.0759. The van der Waals surface area contributed by atoms with Gasteiger partial charge in [0.1, 0.15) is 0 Å². The van der Waals surface area contributed by atoms with E-state index in [0.717, 1.165) is 19.5 Å². The molecule has 5 heteroatoms. The van der Waals surface area contributed by atoms with Crippen molar-refractivity contribution in [1.82, 2.24) is 4.90 Å². The number of rotatable bonds is 5. The number of aliphatic hydroxyl groups excluding tert-OH is 1. The van der Waals surface area contributed by atoms with Gasteiger partial charge in [0.25, 0.3) is 0 Å². The average Bonchev–Trinajstić information content (AvgIpc) is 2.86. The van der Waals surface area contributed by atoms with E-state index in [-0.39, 0.29) is 24.2 Å². The van der Waals surface area contributed by atoms with Crippen LogP contribution in [0.1, 0.15) is 23.7 Å². The molecule has 1 heterocycles. The molecule has 1 aliphatic rings. The molecule has 5 nitrogen and oxygen atoms in total. The minimum Gasteiger partial charge on any atom is -0.396 e. The predicted molar refractivity (Wildman–Crippen MR) is 76.7 cm³/mol. The number of Topliss-reactive ketones (excluding diaryl/α,β-unsaturated/α-hetero) is 1. The van der Waals surface area contributed by atoms with E-state index in [1.807, 2.05) is 4.90 Å². The highest BCUT2D eigenvalue weighted by molar-refractivity contribution is 6.04. The van der Waals surface area contributed by atoms with Crippen LogP contribution < -0.4 is 5.32 Å². The Balaban J connectivity index is 1.94. The van der Waals surface area contributed by atoms with Gasteiger partial charge in [-0.2, -0.15) is 0 Å². The summed E-state index contributed by atoms with van der Waals surface area (Å²) in [6.45, 7) is 3.52. The Morgan fingerprint density at radius 1 is 1.40 bits per heavy atom. The van der Waals surface area contributed by atoms with Crippen LogP contribution >= 0.6 is 0 Å². The highest BCUT2D eigenvalue weighted by Gasteiger charge is 2.23. The van der Waals surface area contributed by atoms with Crippen LogP contribution in [0.4, 0.5) is 5.69 Å². The first-order chi connectivity index (χ1) is 9.60. The standard InChI is InChI=1S/C15H20N2O3/c1-11(19)13-4-2-3-5-14(13)16-15(20)9-17-7-6-12(8-17)10-18/h2-5,12,18H,6-10H2,1H3,(H,16,20). The first-order valence-electron chi connectivity index (χ1n) is 6.83. The summed E-state index contributed by atoms with van der Waals surface area (Å²) in [5.41, 5.74) is 1.08. The number of nitrogens with zero attached hydrogens (tertiary/aromatic N) is 1. The first kappa shape index (κ1) is 14.7. The van der Waals surface area contributed by atoms with Crippen LogP contribution in [0.5, 0.6) is 0 Å². The van der Waals surface area contributed by atoms with Gasteiger partial charge in [-0.25, -0.2) is 0 Å². The lowest BCUT2D eigenvalue weighted by Crippen LogP contribution is -2.32. The molecule has 2 N–H and O–H groups in total. The van der Waals surface area contributed by atoms with Crippen molar-refractivity contribution in [3.05, 3.63) is 29.8 Å². The molecule has 1 fully saturated rings. The van der Waals surface area contributed by atoms with Gasteiger partial charge in [0.05, 0.1) is 12.2 Å². The van der Waals surface area contributed by atoms with Gasteiger partial charge < -0.3 is 10.4 Å². The zero-order chi connectivity index (χ0) is 14.5. The van der Waals surface area contributed by atoms with E-state index >= 15 is 0 Å². The topological polar surface area (TPSA) is 69.6 Å². The molecule has 1 aromatic carbocycles. The maximum absolute atomic E-state index is 12.0. The summed E-state index contributed by atoms with van der Waals surface area (Å²) in [6, 6.07) is 7.00. The van der Waals surface area contributed by atoms with Crippen molar-refractivity contribution in [2.24, 2.45) is 5.92 Å². The molecule has 2 rings (SSSR count). The van der Waals surface area contributed by atoms with Crippen molar-refractivity contribution >= 4 is 17.4 Å². The number of likely N-dealkylation sites (tertiary alicyclic amines) is 1. The van der Waals surface area contributed by atoms with Crippen LogP contribution in [0.25, 0.3) is 0 Å².